The lowest BCUT2D eigenvalue weighted by atomic mass is 9.92. The smallest absolute Gasteiger partial charge is 0.305 e. The number of carbonyl (C=O) groups excluding carboxylic acids is 2. The van der Waals surface area contributed by atoms with Crippen molar-refractivity contribution in [3.05, 3.63) is 10.8 Å². The zero-order valence-electron chi connectivity index (χ0n) is 18.4. The zero-order chi connectivity index (χ0) is 21.7. The largest absolute Gasteiger partial charge is 0.488 e. The molecule has 1 aromatic heterocycles. The van der Waals surface area contributed by atoms with Crippen molar-refractivity contribution in [2.75, 3.05) is 26.4 Å². The number of hydrogen-bond acceptors (Lipinski definition) is 7. The number of rotatable bonds is 14. The lowest BCUT2D eigenvalue weighted by molar-refractivity contribution is -0.157. The molecule has 6 nitrogen and oxygen atoms in total. The van der Waals surface area contributed by atoms with Crippen molar-refractivity contribution < 1.29 is 28.5 Å². The van der Waals surface area contributed by atoms with Crippen LogP contribution in [0.2, 0.25) is 0 Å². The summed E-state index contributed by atoms with van der Waals surface area (Å²) in [5.41, 5.74) is -0.713. The molecule has 30 heavy (non-hydrogen) atoms. The Morgan fingerprint density at radius 1 is 0.833 bits per heavy atom. The molecule has 2 rings (SSSR count). The lowest BCUT2D eigenvalue weighted by Crippen LogP contribution is -2.43. The van der Waals surface area contributed by atoms with E-state index < -0.39 is 5.41 Å². The molecular weight excluding hydrogens is 404 g/mol. The number of hydrogen-bond donors (Lipinski definition) is 0. The van der Waals surface area contributed by atoms with Crippen molar-refractivity contribution in [3.8, 4) is 11.5 Å². The maximum Gasteiger partial charge on any atom is 0.305 e. The van der Waals surface area contributed by atoms with Crippen LogP contribution in [-0.2, 0) is 19.1 Å². The van der Waals surface area contributed by atoms with E-state index >= 15 is 0 Å². The van der Waals surface area contributed by atoms with Crippen LogP contribution in [0.15, 0.2) is 10.8 Å². The van der Waals surface area contributed by atoms with E-state index in [0.717, 1.165) is 51.4 Å². The van der Waals surface area contributed by atoms with Crippen LogP contribution in [0.5, 0.6) is 11.5 Å². The second kappa shape index (κ2) is 13.5. The van der Waals surface area contributed by atoms with E-state index in [1.165, 1.54) is 11.3 Å². The molecule has 0 aliphatic carbocycles. The minimum atomic E-state index is -0.713. The van der Waals surface area contributed by atoms with Gasteiger partial charge >= 0.3 is 11.9 Å². The van der Waals surface area contributed by atoms with Gasteiger partial charge in [0.2, 0.25) is 0 Å². The summed E-state index contributed by atoms with van der Waals surface area (Å²) in [6.07, 6.45) is 9.01. The number of ether oxygens (including phenoxy) is 4. The third-order valence-corrected chi connectivity index (χ3v) is 5.91. The minimum Gasteiger partial charge on any atom is -0.488 e. The Labute approximate surface area is 184 Å². The van der Waals surface area contributed by atoms with Gasteiger partial charge in [0.25, 0.3) is 0 Å². The van der Waals surface area contributed by atoms with Crippen molar-refractivity contribution >= 4 is 23.3 Å². The molecule has 0 unspecified atom stereocenters. The molecule has 0 saturated carbocycles. The molecule has 0 N–H and O–H groups in total. The van der Waals surface area contributed by atoms with Crippen molar-refractivity contribution in [2.45, 2.75) is 78.1 Å². The molecule has 0 atom stereocenters. The first-order valence-corrected chi connectivity index (χ1v) is 12.2. The van der Waals surface area contributed by atoms with Crippen LogP contribution < -0.4 is 9.47 Å². The fourth-order valence-corrected chi connectivity index (χ4v) is 3.88. The first-order chi connectivity index (χ1) is 14.6. The van der Waals surface area contributed by atoms with Crippen molar-refractivity contribution in [2.24, 2.45) is 5.41 Å². The Bertz CT molecular complexity index is 589. The molecule has 1 aromatic rings. The SMILES string of the molecule is CCCCCCC(=O)OCC1(COC(=O)CCCCCC)COc2cscc2OC1. The van der Waals surface area contributed by atoms with Gasteiger partial charge in [0, 0.05) is 23.6 Å². The molecule has 0 fully saturated rings. The predicted molar refractivity (Wildman–Crippen MR) is 117 cm³/mol. The van der Waals surface area contributed by atoms with Gasteiger partial charge in [0.1, 0.15) is 31.8 Å². The molecule has 1 aliphatic heterocycles. The van der Waals surface area contributed by atoms with E-state index in [2.05, 4.69) is 13.8 Å². The highest BCUT2D eigenvalue weighted by Gasteiger charge is 2.39. The van der Waals surface area contributed by atoms with E-state index in [-0.39, 0.29) is 38.4 Å². The van der Waals surface area contributed by atoms with E-state index in [0.29, 0.717) is 24.3 Å². The number of unbranched alkanes of at least 4 members (excludes halogenated alkanes) is 6. The molecule has 1 aliphatic rings. The van der Waals surface area contributed by atoms with Crippen LogP contribution >= 0.6 is 11.3 Å². The van der Waals surface area contributed by atoms with E-state index in [1.807, 2.05) is 10.8 Å². The first-order valence-electron chi connectivity index (χ1n) is 11.2. The van der Waals surface area contributed by atoms with Gasteiger partial charge in [-0.2, -0.15) is 0 Å². The average molecular weight is 441 g/mol. The first kappa shape index (κ1) is 24.5. The predicted octanol–water partition coefficient (Wildman–Crippen LogP) is 5.53. The molecule has 0 radical (unpaired) electrons. The van der Waals surface area contributed by atoms with Gasteiger partial charge < -0.3 is 18.9 Å². The number of thiophene rings is 1. The third-order valence-electron chi connectivity index (χ3n) is 5.21. The van der Waals surface area contributed by atoms with E-state index in [1.54, 1.807) is 0 Å². The number of carbonyl (C=O) groups is 2. The lowest BCUT2D eigenvalue weighted by Gasteiger charge is -2.30. The fraction of sp³-hybridized carbons (Fsp3) is 0.739. The Morgan fingerprint density at radius 2 is 1.30 bits per heavy atom. The van der Waals surface area contributed by atoms with Gasteiger partial charge in [0.15, 0.2) is 11.5 Å². The summed E-state index contributed by atoms with van der Waals surface area (Å²) in [6, 6.07) is 0. The van der Waals surface area contributed by atoms with Gasteiger partial charge in [-0.25, -0.2) is 0 Å². The maximum absolute atomic E-state index is 12.2. The minimum absolute atomic E-state index is 0.108. The van der Waals surface area contributed by atoms with Crippen LogP contribution in [0.25, 0.3) is 0 Å². The topological polar surface area (TPSA) is 71.1 Å². The summed E-state index contributed by atoms with van der Waals surface area (Å²) < 4.78 is 22.9. The number of esters is 2. The summed E-state index contributed by atoms with van der Waals surface area (Å²) >= 11 is 1.51. The molecule has 0 spiro atoms. The van der Waals surface area contributed by atoms with E-state index in [9.17, 15) is 9.59 Å². The maximum atomic E-state index is 12.2. The Balaban J connectivity index is 1.87. The highest BCUT2D eigenvalue weighted by molar-refractivity contribution is 7.08. The normalized spacial score (nSPS) is 14.7. The molecule has 0 amide bonds. The van der Waals surface area contributed by atoms with Gasteiger partial charge in [-0.15, -0.1) is 11.3 Å². The van der Waals surface area contributed by atoms with Crippen molar-refractivity contribution in [1.82, 2.24) is 0 Å². The van der Waals surface area contributed by atoms with Crippen molar-refractivity contribution in [1.29, 1.82) is 0 Å². The highest BCUT2D eigenvalue weighted by atomic mass is 32.1. The summed E-state index contributed by atoms with van der Waals surface area (Å²) in [7, 11) is 0. The van der Waals surface area contributed by atoms with Gasteiger partial charge in [-0.1, -0.05) is 52.4 Å². The van der Waals surface area contributed by atoms with Crippen molar-refractivity contribution in [3.63, 3.8) is 0 Å². The second-order valence-electron chi connectivity index (χ2n) is 8.12. The average Bonchev–Trinajstić information content (AvgIpc) is 3.14. The fourth-order valence-electron chi connectivity index (χ4n) is 3.20. The Hall–Kier alpha value is -1.76. The monoisotopic (exact) mass is 440 g/mol. The molecule has 7 heteroatoms. The molecule has 0 saturated heterocycles. The van der Waals surface area contributed by atoms with Crippen LogP contribution in [0.1, 0.15) is 78.1 Å². The second-order valence-corrected chi connectivity index (χ2v) is 8.86. The van der Waals surface area contributed by atoms with Crippen LogP contribution in [0.4, 0.5) is 0 Å². The van der Waals surface area contributed by atoms with Crippen LogP contribution in [-0.4, -0.2) is 38.4 Å². The highest BCUT2D eigenvalue weighted by Crippen LogP contribution is 2.37. The van der Waals surface area contributed by atoms with Crippen LogP contribution in [0.3, 0.4) is 0 Å². The molecular formula is C23H36O6S. The summed E-state index contributed by atoms with van der Waals surface area (Å²) in [5.74, 6) is 0.905. The molecule has 0 aromatic carbocycles. The van der Waals surface area contributed by atoms with Gasteiger partial charge in [0.05, 0.1) is 0 Å². The quantitative estimate of drug-likeness (QED) is 0.280. The Morgan fingerprint density at radius 3 is 1.73 bits per heavy atom. The Kier molecular flexibility index (Phi) is 11.0. The third kappa shape index (κ3) is 8.54. The van der Waals surface area contributed by atoms with E-state index in [4.69, 9.17) is 18.9 Å². The molecule has 0 bridgehead atoms. The number of fused-ring (bicyclic) bond motifs is 1. The van der Waals surface area contributed by atoms with Gasteiger partial charge in [-0.3, -0.25) is 9.59 Å². The summed E-state index contributed by atoms with van der Waals surface area (Å²) in [4.78, 5) is 24.4. The standard InChI is InChI=1S/C23H36O6S/c1-3-5-7-9-11-21(24)28-17-23(18-29-22(25)12-10-8-6-4-2)15-26-19-13-30-14-20(19)27-16-23/h13-14H,3-12,15-18H2,1-2H3. The summed E-state index contributed by atoms with van der Waals surface area (Å²) in [5, 5.41) is 3.76. The zero-order valence-corrected chi connectivity index (χ0v) is 19.2. The molecule has 170 valence electrons. The van der Waals surface area contributed by atoms with Gasteiger partial charge in [-0.05, 0) is 12.8 Å². The van der Waals surface area contributed by atoms with Crippen LogP contribution in [0, 0.1) is 5.41 Å². The summed E-state index contributed by atoms with van der Waals surface area (Å²) in [6.45, 7) is 5.02. The molecule has 2 heterocycles.